The molecule has 0 aliphatic heterocycles. The molecule has 0 aliphatic rings. The number of anilines is 1. The highest BCUT2D eigenvalue weighted by Crippen LogP contribution is 2.41. The van der Waals surface area contributed by atoms with Crippen LogP contribution in [0.5, 0.6) is 28.9 Å². The second-order valence-electron chi connectivity index (χ2n) is 11.1. The first kappa shape index (κ1) is 28.0. The molecule has 0 unspecified atom stereocenters. The molecule has 0 saturated carbocycles. The van der Waals surface area contributed by atoms with Gasteiger partial charge in [0.15, 0.2) is 5.76 Å². The Morgan fingerprint density at radius 3 is 2.00 bits per heavy atom. The Morgan fingerprint density at radius 2 is 1.46 bits per heavy atom. The predicted molar refractivity (Wildman–Crippen MR) is 146 cm³/mol. The van der Waals surface area contributed by atoms with Crippen molar-refractivity contribution in [3.05, 3.63) is 58.8 Å². The van der Waals surface area contributed by atoms with Crippen LogP contribution in [0.4, 0.5) is 5.69 Å². The molecule has 0 spiro atoms. The van der Waals surface area contributed by atoms with E-state index in [0.29, 0.717) is 28.7 Å². The van der Waals surface area contributed by atoms with Gasteiger partial charge in [-0.25, -0.2) is 0 Å². The minimum atomic E-state index is -0.468. The summed E-state index contributed by atoms with van der Waals surface area (Å²) >= 11 is 0. The van der Waals surface area contributed by atoms with E-state index in [0.717, 1.165) is 12.0 Å². The van der Waals surface area contributed by atoms with Crippen molar-refractivity contribution in [2.45, 2.75) is 60.3 Å². The van der Waals surface area contributed by atoms with Crippen molar-refractivity contribution in [2.75, 3.05) is 26.6 Å². The Hall–Kier alpha value is -3.61. The molecule has 3 aromatic rings. The van der Waals surface area contributed by atoms with E-state index in [-0.39, 0.29) is 22.5 Å². The number of hydrogen-bond acceptors (Lipinski definition) is 6. The summed E-state index contributed by atoms with van der Waals surface area (Å²) in [5.74, 6) is 1.88. The number of rotatable bonds is 9. The van der Waals surface area contributed by atoms with Crippen LogP contribution in [-0.2, 0) is 5.41 Å². The largest absolute Gasteiger partial charge is 0.496 e. The number of carbonyl (C=O) groups excluding carboxylic acids is 1. The Kier molecular flexibility index (Phi) is 8.16. The number of nitrogens with one attached hydrogen (secondary N) is 1. The predicted octanol–water partition coefficient (Wildman–Crippen LogP) is 7.68. The van der Waals surface area contributed by atoms with Gasteiger partial charge in [0.25, 0.3) is 11.9 Å². The Balaban J connectivity index is 1.85. The average Bonchev–Trinajstić information content (AvgIpc) is 3.27. The zero-order chi connectivity index (χ0) is 27.5. The van der Waals surface area contributed by atoms with Crippen LogP contribution in [0.2, 0.25) is 0 Å². The molecule has 200 valence electrons. The highest BCUT2D eigenvalue weighted by Gasteiger charge is 2.29. The zero-order valence-electron chi connectivity index (χ0n) is 23.6. The normalized spacial score (nSPS) is 11.7. The number of hydrogen-bond donors (Lipinski definition) is 1. The third-order valence-electron chi connectivity index (χ3n) is 6.19. The van der Waals surface area contributed by atoms with Crippen LogP contribution < -0.4 is 24.3 Å². The Labute approximate surface area is 220 Å². The van der Waals surface area contributed by atoms with Gasteiger partial charge < -0.3 is 28.7 Å². The van der Waals surface area contributed by atoms with Crippen LogP contribution in [-0.4, -0.2) is 27.2 Å². The second kappa shape index (κ2) is 10.8. The number of furan rings is 1. The number of carbonyl (C=O) groups is 1. The molecular weight excluding hydrogens is 470 g/mol. The van der Waals surface area contributed by atoms with Crippen molar-refractivity contribution >= 4 is 11.6 Å². The minimum absolute atomic E-state index is 0.0428. The van der Waals surface area contributed by atoms with Gasteiger partial charge in [0, 0.05) is 18.2 Å². The van der Waals surface area contributed by atoms with Gasteiger partial charge in [-0.05, 0) is 59.9 Å². The average molecular weight is 510 g/mol. The number of methoxy groups -OCH3 is 3. The zero-order valence-corrected chi connectivity index (χ0v) is 23.6. The smallest absolute Gasteiger partial charge is 0.291 e. The van der Waals surface area contributed by atoms with E-state index in [2.05, 4.69) is 59.0 Å². The highest BCUT2D eigenvalue weighted by molar-refractivity contribution is 6.04. The summed E-state index contributed by atoms with van der Waals surface area (Å²) in [5, 5.41) is 2.80. The fourth-order valence-corrected chi connectivity index (χ4v) is 5.00. The maximum absolute atomic E-state index is 13.0. The lowest BCUT2D eigenvalue weighted by Gasteiger charge is -2.34. The number of benzene rings is 2. The molecule has 7 nitrogen and oxygen atoms in total. The van der Waals surface area contributed by atoms with Crippen LogP contribution in [0, 0.1) is 19.3 Å². The summed E-state index contributed by atoms with van der Waals surface area (Å²) < 4.78 is 28.0. The van der Waals surface area contributed by atoms with Gasteiger partial charge in [-0.1, -0.05) is 40.7 Å². The van der Waals surface area contributed by atoms with E-state index >= 15 is 0 Å². The van der Waals surface area contributed by atoms with E-state index in [1.807, 2.05) is 6.92 Å². The maximum atomic E-state index is 13.0. The van der Waals surface area contributed by atoms with Crippen molar-refractivity contribution in [3.63, 3.8) is 0 Å². The van der Waals surface area contributed by atoms with Crippen LogP contribution in [0.25, 0.3) is 0 Å². The lowest BCUT2D eigenvalue weighted by Crippen LogP contribution is -2.25. The van der Waals surface area contributed by atoms with Gasteiger partial charge >= 0.3 is 0 Å². The first-order valence-corrected chi connectivity index (χ1v) is 12.3. The standard InChI is InChI=1S/C30H39NO6/c1-18-13-19(2)23(16-21(18)30(6,7)17-29(3,4)5)37-26-12-11-22(36-26)28(32)31-27-24(34-9)14-20(33-8)15-25(27)35-10/h11-16H,17H2,1-10H3,(H,31,32). The molecule has 0 bridgehead atoms. The molecule has 1 heterocycles. The highest BCUT2D eigenvalue weighted by atomic mass is 16.6. The molecule has 0 fully saturated rings. The molecule has 0 atom stereocenters. The number of amides is 1. The first-order chi connectivity index (χ1) is 17.3. The SMILES string of the molecule is COc1cc(OC)c(NC(=O)c2ccc(Oc3cc(C(C)(C)CC(C)(C)C)c(C)cc3C)o2)c(OC)c1. The summed E-state index contributed by atoms with van der Waals surface area (Å²) in [6.07, 6.45) is 1.02. The summed E-state index contributed by atoms with van der Waals surface area (Å²) in [6.45, 7) is 15.4. The van der Waals surface area contributed by atoms with E-state index in [1.165, 1.54) is 25.3 Å². The summed E-state index contributed by atoms with van der Waals surface area (Å²) in [4.78, 5) is 13.0. The summed E-state index contributed by atoms with van der Waals surface area (Å²) in [6, 6.07) is 10.7. The monoisotopic (exact) mass is 509 g/mol. The molecule has 7 heteroatoms. The van der Waals surface area contributed by atoms with Gasteiger partial charge in [-0.15, -0.1) is 0 Å². The van der Waals surface area contributed by atoms with Gasteiger partial charge in [0.1, 0.15) is 28.7 Å². The van der Waals surface area contributed by atoms with E-state index in [9.17, 15) is 4.79 Å². The second-order valence-corrected chi connectivity index (χ2v) is 11.1. The maximum Gasteiger partial charge on any atom is 0.291 e. The fourth-order valence-electron chi connectivity index (χ4n) is 5.00. The van der Waals surface area contributed by atoms with Crippen LogP contribution in [0.3, 0.4) is 0 Å². The molecule has 1 aromatic heterocycles. The third kappa shape index (κ3) is 6.59. The van der Waals surface area contributed by atoms with Crippen LogP contribution in [0.1, 0.15) is 68.3 Å². The van der Waals surface area contributed by atoms with Gasteiger partial charge in [-0.2, -0.15) is 0 Å². The van der Waals surface area contributed by atoms with Crippen molar-refractivity contribution in [1.29, 1.82) is 0 Å². The number of ether oxygens (including phenoxy) is 4. The molecular formula is C30H39NO6. The quantitative estimate of drug-likeness (QED) is 0.319. The summed E-state index contributed by atoms with van der Waals surface area (Å²) in [5.41, 5.74) is 3.95. The van der Waals surface area contributed by atoms with E-state index < -0.39 is 5.91 Å². The Morgan fingerprint density at radius 1 is 0.838 bits per heavy atom. The summed E-state index contributed by atoms with van der Waals surface area (Å²) in [7, 11) is 4.55. The topological polar surface area (TPSA) is 79.2 Å². The van der Waals surface area contributed by atoms with Crippen LogP contribution >= 0.6 is 0 Å². The van der Waals surface area contributed by atoms with Crippen LogP contribution in [0.15, 0.2) is 40.8 Å². The molecule has 0 saturated heterocycles. The molecule has 0 aliphatic carbocycles. The lowest BCUT2D eigenvalue weighted by atomic mass is 9.71. The molecule has 1 N–H and O–H groups in total. The van der Waals surface area contributed by atoms with Crippen molar-refractivity contribution < 1.29 is 28.2 Å². The molecule has 3 rings (SSSR count). The fraction of sp³-hybridized carbons (Fsp3) is 0.433. The molecule has 1 amide bonds. The van der Waals surface area contributed by atoms with Crippen molar-refractivity contribution in [2.24, 2.45) is 5.41 Å². The number of aryl methyl sites for hydroxylation is 2. The van der Waals surface area contributed by atoms with E-state index in [4.69, 9.17) is 23.4 Å². The van der Waals surface area contributed by atoms with Crippen molar-refractivity contribution in [3.8, 4) is 28.9 Å². The van der Waals surface area contributed by atoms with E-state index in [1.54, 1.807) is 31.4 Å². The van der Waals surface area contributed by atoms with Crippen molar-refractivity contribution in [1.82, 2.24) is 0 Å². The first-order valence-electron chi connectivity index (χ1n) is 12.3. The lowest BCUT2D eigenvalue weighted by molar-refractivity contribution is 0.0991. The van der Waals surface area contributed by atoms with Gasteiger partial charge in [0.05, 0.1) is 21.3 Å². The third-order valence-corrected chi connectivity index (χ3v) is 6.19. The van der Waals surface area contributed by atoms with Gasteiger partial charge in [0.2, 0.25) is 0 Å². The Bertz CT molecular complexity index is 1240. The van der Waals surface area contributed by atoms with Gasteiger partial charge in [-0.3, -0.25) is 4.79 Å². The molecule has 37 heavy (non-hydrogen) atoms. The molecule has 2 aromatic carbocycles. The minimum Gasteiger partial charge on any atom is -0.496 e. The molecule has 0 radical (unpaired) electrons.